The number of amides is 3. The van der Waals surface area contributed by atoms with Crippen LogP contribution in [0.5, 0.6) is 0 Å². The third kappa shape index (κ3) is 8.81. The number of nitrogens with one attached hydrogen (secondary N) is 2. The molecular formula is C49H51FN8O6S2. The Bertz CT molecular complexity index is 2900. The van der Waals surface area contributed by atoms with E-state index in [0.29, 0.717) is 28.5 Å². The van der Waals surface area contributed by atoms with Crippen LogP contribution in [0, 0.1) is 38.9 Å². The molecule has 17 heteroatoms. The summed E-state index contributed by atoms with van der Waals surface area (Å²) in [5.41, 5.74) is 7.15. The summed E-state index contributed by atoms with van der Waals surface area (Å²) in [5.74, 6) is -2.61. The maximum Gasteiger partial charge on any atom is 0.306 e. The Balaban J connectivity index is 1.01. The summed E-state index contributed by atoms with van der Waals surface area (Å²) in [6.07, 6.45) is -1.25. The fourth-order valence-corrected chi connectivity index (χ4v) is 10.7. The highest BCUT2D eigenvalue weighted by molar-refractivity contribution is 7.15. The maximum absolute atomic E-state index is 16.6. The van der Waals surface area contributed by atoms with Gasteiger partial charge in [-0.1, -0.05) is 81.4 Å². The van der Waals surface area contributed by atoms with E-state index in [4.69, 9.17) is 4.99 Å². The summed E-state index contributed by atoms with van der Waals surface area (Å²) < 4.78 is 18.5. The average molecular weight is 931 g/mol. The molecular weight excluding hydrogens is 880 g/mol. The van der Waals surface area contributed by atoms with Crippen molar-refractivity contribution in [3.05, 3.63) is 128 Å². The lowest BCUT2D eigenvalue weighted by Gasteiger charge is -2.35. The van der Waals surface area contributed by atoms with Gasteiger partial charge in [0.15, 0.2) is 5.82 Å². The van der Waals surface area contributed by atoms with Crippen LogP contribution in [0.4, 0.5) is 4.39 Å². The van der Waals surface area contributed by atoms with Gasteiger partial charge in [-0.2, -0.15) is 0 Å². The molecule has 3 aromatic carbocycles. The molecule has 2 unspecified atom stereocenters. The zero-order valence-corrected chi connectivity index (χ0v) is 39.5. The van der Waals surface area contributed by atoms with Crippen LogP contribution in [-0.4, -0.2) is 89.0 Å². The second-order valence-electron chi connectivity index (χ2n) is 18.0. The predicted molar refractivity (Wildman–Crippen MR) is 252 cm³/mol. The molecule has 3 amide bonds. The number of carboxylic acids is 1. The summed E-state index contributed by atoms with van der Waals surface area (Å²) in [6.45, 7) is 14.8. The SMILES string of the molecule is Cc1ncsc1-c1ccc(C(C)NC(=O)[C@@H]2C[C@@H](O)CN2C(=O)C(NC(=O)c2cccc(-c3ccc(C4=N[C@@H](CC(=O)O)c5nnc(C)n5-c5sc(C)c(C)c54)cc3)c2F)C(C)(C)C)cc1. The van der Waals surface area contributed by atoms with Gasteiger partial charge in [-0.05, 0) is 68.4 Å². The number of β-amino-alcohol motifs (C(OH)–C–C–N with tert-alkyl or cyclic N) is 1. The highest BCUT2D eigenvalue weighted by Gasteiger charge is 2.45. The van der Waals surface area contributed by atoms with Crippen LogP contribution < -0.4 is 10.6 Å². The molecule has 8 rings (SSSR count). The quantitative estimate of drug-likeness (QED) is 0.100. The number of carbonyl (C=O) groups is 4. The van der Waals surface area contributed by atoms with Crippen LogP contribution in [0.2, 0.25) is 0 Å². The Hall–Kier alpha value is -6.43. The number of aliphatic carboxylic acids is 1. The van der Waals surface area contributed by atoms with Crippen molar-refractivity contribution in [1.29, 1.82) is 0 Å². The molecule has 66 heavy (non-hydrogen) atoms. The molecule has 1 saturated heterocycles. The van der Waals surface area contributed by atoms with E-state index in [9.17, 15) is 29.4 Å². The Morgan fingerprint density at radius 1 is 0.924 bits per heavy atom. The molecule has 342 valence electrons. The average Bonchev–Trinajstić information content (AvgIpc) is 4.04. The van der Waals surface area contributed by atoms with Crippen molar-refractivity contribution in [3.8, 4) is 26.6 Å². The highest BCUT2D eigenvalue weighted by Crippen LogP contribution is 2.40. The number of aliphatic hydroxyl groups excluding tert-OH is 1. The van der Waals surface area contributed by atoms with Gasteiger partial charge in [-0.15, -0.1) is 32.9 Å². The van der Waals surface area contributed by atoms with Crippen LogP contribution in [0.15, 0.2) is 77.2 Å². The minimum atomic E-state index is -1.19. The lowest BCUT2D eigenvalue weighted by atomic mass is 9.85. The maximum atomic E-state index is 16.6. The number of aliphatic imine (C=N–C) groups is 1. The molecule has 5 atom stereocenters. The number of carbonyl (C=O) groups excluding carboxylic acids is 3. The van der Waals surface area contributed by atoms with Crippen molar-refractivity contribution in [2.24, 2.45) is 10.4 Å². The molecule has 2 aliphatic heterocycles. The molecule has 0 aliphatic carbocycles. The minimum absolute atomic E-state index is 0.0142. The molecule has 5 heterocycles. The van der Waals surface area contributed by atoms with Gasteiger partial charge in [0, 0.05) is 34.5 Å². The predicted octanol–water partition coefficient (Wildman–Crippen LogP) is 7.84. The lowest BCUT2D eigenvalue weighted by Crippen LogP contribution is -2.58. The number of aromatic nitrogens is 4. The van der Waals surface area contributed by atoms with E-state index >= 15 is 4.39 Å². The van der Waals surface area contributed by atoms with E-state index < -0.39 is 65.2 Å². The first-order valence-corrected chi connectivity index (χ1v) is 23.3. The van der Waals surface area contributed by atoms with E-state index in [2.05, 4.69) is 25.8 Å². The fraction of sp³-hybridized carbons (Fsp3) is 0.347. The first kappa shape index (κ1) is 46.1. The smallest absolute Gasteiger partial charge is 0.306 e. The second kappa shape index (κ2) is 18.1. The fourth-order valence-electron chi connectivity index (χ4n) is 8.65. The summed E-state index contributed by atoms with van der Waals surface area (Å²) in [5, 5.41) is 35.8. The van der Waals surface area contributed by atoms with E-state index in [1.165, 1.54) is 11.0 Å². The standard InChI is InChI=1S/C49H51FN8O6S2/c1-24-27(4)66-48-39(24)41(53-36(21-38(60)61)44-56-55-28(5)58(44)48)31-16-14-30(15-17-31)34-10-9-11-35(40(34)50)45(62)54-43(49(6,7)8)47(64)57-22-33(59)20-37(57)46(63)52-25(2)29-12-18-32(19-13-29)42-26(3)51-23-65-42/h9-19,23,25,33,36-37,43,59H,20-22H2,1-8H3,(H,52,63)(H,54,62)(H,60,61)/t25?,33-,36+,37+,43?/m1/s1. The zero-order chi connectivity index (χ0) is 47.4. The Morgan fingerprint density at radius 3 is 2.26 bits per heavy atom. The second-order valence-corrected chi connectivity index (χ2v) is 20.1. The topological polar surface area (TPSA) is 192 Å². The third-order valence-corrected chi connectivity index (χ3v) is 14.5. The number of fused-ring (bicyclic) bond motifs is 3. The molecule has 6 aromatic rings. The normalized spacial score (nSPS) is 17.9. The van der Waals surface area contributed by atoms with Gasteiger partial charge in [0.2, 0.25) is 11.8 Å². The Kier molecular flexibility index (Phi) is 12.6. The van der Waals surface area contributed by atoms with Gasteiger partial charge in [0.25, 0.3) is 5.91 Å². The molecule has 1 fully saturated rings. The molecule has 3 aromatic heterocycles. The number of nitrogens with zero attached hydrogens (tertiary/aromatic N) is 6. The van der Waals surface area contributed by atoms with Crippen molar-refractivity contribution in [1.82, 2.24) is 35.3 Å². The largest absolute Gasteiger partial charge is 0.481 e. The van der Waals surface area contributed by atoms with Gasteiger partial charge >= 0.3 is 5.97 Å². The number of hydrogen-bond acceptors (Lipinski definition) is 11. The number of benzene rings is 3. The van der Waals surface area contributed by atoms with E-state index in [1.54, 1.807) is 85.4 Å². The van der Waals surface area contributed by atoms with Crippen LogP contribution in [-0.2, 0) is 14.4 Å². The van der Waals surface area contributed by atoms with E-state index in [1.807, 2.05) is 63.5 Å². The molecule has 14 nitrogen and oxygen atoms in total. The lowest BCUT2D eigenvalue weighted by molar-refractivity contribution is -0.142. The number of thiazole rings is 1. The summed E-state index contributed by atoms with van der Waals surface area (Å²) in [7, 11) is 0. The van der Waals surface area contributed by atoms with Gasteiger partial charge < -0.3 is 25.7 Å². The van der Waals surface area contributed by atoms with Gasteiger partial charge in [-0.3, -0.25) is 28.7 Å². The van der Waals surface area contributed by atoms with E-state index in [-0.39, 0.29) is 30.5 Å². The van der Waals surface area contributed by atoms with Crippen molar-refractivity contribution in [2.75, 3.05) is 6.54 Å². The zero-order valence-electron chi connectivity index (χ0n) is 37.8. The van der Waals surface area contributed by atoms with Gasteiger partial charge in [-0.25, -0.2) is 9.37 Å². The van der Waals surface area contributed by atoms with Crippen LogP contribution in [0.3, 0.4) is 0 Å². The Labute approximate surface area is 389 Å². The summed E-state index contributed by atoms with van der Waals surface area (Å²) >= 11 is 3.10. The molecule has 4 N–H and O–H groups in total. The van der Waals surface area contributed by atoms with Crippen LogP contribution in [0.1, 0.15) is 107 Å². The van der Waals surface area contributed by atoms with Gasteiger partial charge in [0.05, 0.1) is 45.9 Å². The highest BCUT2D eigenvalue weighted by atomic mass is 32.1. The molecule has 0 radical (unpaired) electrons. The molecule has 2 aliphatic rings. The van der Waals surface area contributed by atoms with Crippen LogP contribution in [0.25, 0.3) is 26.6 Å². The molecule has 0 spiro atoms. The van der Waals surface area contributed by atoms with Crippen molar-refractivity contribution in [2.45, 2.75) is 98.5 Å². The monoisotopic (exact) mass is 930 g/mol. The van der Waals surface area contributed by atoms with Gasteiger partial charge in [0.1, 0.15) is 34.8 Å². The number of aryl methyl sites for hydroxylation is 3. The van der Waals surface area contributed by atoms with Crippen molar-refractivity contribution in [3.63, 3.8) is 0 Å². The first-order chi connectivity index (χ1) is 31.3. The first-order valence-electron chi connectivity index (χ1n) is 21.6. The minimum Gasteiger partial charge on any atom is -0.481 e. The number of thiophene rings is 1. The van der Waals surface area contributed by atoms with Crippen molar-refractivity contribution >= 4 is 52.1 Å². The number of likely N-dealkylation sites (tertiary alicyclic amines) is 1. The number of hydrogen-bond donors (Lipinski definition) is 4. The van der Waals surface area contributed by atoms with E-state index in [0.717, 1.165) is 42.7 Å². The number of rotatable bonds is 11. The molecule has 0 saturated carbocycles. The summed E-state index contributed by atoms with van der Waals surface area (Å²) in [6, 6.07) is 15.9. The number of carboxylic acid groups (broad SMARTS) is 1. The Morgan fingerprint density at radius 2 is 1.61 bits per heavy atom. The molecule has 0 bridgehead atoms. The summed E-state index contributed by atoms with van der Waals surface area (Å²) in [4.78, 5) is 67.1. The van der Waals surface area contributed by atoms with Crippen LogP contribution >= 0.6 is 22.7 Å². The van der Waals surface area contributed by atoms with Crippen molar-refractivity contribution < 1.29 is 33.8 Å². The third-order valence-electron chi connectivity index (χ3n) is 12.4. The number of halogens is 1. The number of aliphatic hydroxyl groups is 1.